The molecule has 0 atom stereocenters. The molecular formula is C12H18N-. The predicted octanol–water partition coefficient (Wildman–Crippen LogP) is 3.41. The average molecular weight is 176 g/mol. The third-order valence-corrected chi connectivity index (χ3v) is 2.12. The van der Waals surface area contributed by atoms with Gasteiger partial charge in [-0.2, -0.15) is 20.3 Å². The van der Waals surface area contributed by atoms with Crippen LogP contribution in [-0.4, -0.2) is 4.98 Å². The molecule has 0 aromatic carbocycles. The van der Waals surface area contributed by atoms with Crippen LogP contribution in [0.3, 0.4) is 0 Å². The molecule has 0 aliphatic heterocycles. The molecule has 1 heterocycles. The summed E-state index contributed by atoms with van der Waals surface area (Å²) in [7, 11) is 0. The van der Waals surface area contributed by atoms with E-state index in [1.807, 2.05) is 18.5 Å². The Bertz CT molecular complexity index is 216. The fourth-order valence-corrected chi connectivity index (χ4v) is 1.35. The van der Waals surface area contributed by atoms with Crippen molar-refractivity contribution in [2.75, 3.05) is 0 Å². The molecule has 0 unspecified atom stereocenters. The molecule has 1 rings (SSSR count). The molecule has 0 saturated carbocycles. The van der Waals surface area contributed by atoms with Gasteiger partial charge in [0.1, 0.15) is 0 Å². The van der Waals surface area contributed by atoms with Crippen molar-refractivity contribution in [2.45, 2.75) is 39.5 Å². The van der Waals surface area contributed by atoms with Gasteiger partial charge in [0.15, 0.2) is 0 Å². The molecule has 0 aliphatic carbocycles. The second-order valence-corrected chi connectivity index (χ2v) is 3.78. The number of rotatable bonds is 5. The monoisotopic (exact) mass is 176 g/mol. The molecule has 0 amide bonds. The maximum absolute atomic E-state index is 4.09. The zero-order valence-electron chi connectivity index (χ0n) is 8.59. The van der Waals surface area contributed by atoms with Crippen LogP contribution in [0.5, 0.6) is 0 Å². The lowest BCUT2D eigenvalue weighted by Gasteiger charge is -2.15. The summed E-state index contributed by atoms with van der Waals surface area (Å²) in [6.07, 6.45) is 8.80. The van der Waals surface area contributed by atoms with Gasteiger partial charge in [-0.3, -0.25) is 4.98 Å². The Kier molecular flexibility index (Phi) is 4.52. The Morgan fingerprint density at radius 3 is 2.77 bits per heavy atom. The van der Waals surface area contributed by atoms with Gasteiger partial charge < -0.3 is 5.92 Å². The van der Waals surface area contributed by atoms with Crippen LogP contribution in [0.4, 0.5) is 0 Å². The molecule has 72 valence electrons. The smallest absolute Gasteiger partial charge is 0.0299 e. The molecule has 1 heteroatoms. The van der Waals surface area contributed by atoms with E-state index in [1.54, 1.807) is 0 Å². The van der Waals surface area contributed by atoms with E-state index in [-0.39, 0.29) is 0 Å². The second-order valence-electron chi connectivity index (χ2n) is 3.78. The molecule has 13 heavy (non-hydrogen) atoms. The summed E-state index contributed by atoms with van der Waals surface area (Å²) >= 11 is 0. The Hall–Kier alpha value is -0.850. The summed E-state index contributed by atoms with van der Waals surface area (Å²) in [6, 6.07) is 4.15. The molecule has 1 aromatic heterocycles. The van der Waals surface area contributed by atoms with Crippen molar-refractivity contribution >= 4 is 0 Å². The van der Waals surface area contributed by atoms with Gasteiger partial charge in [-0.15, -0.1) is 0 Å². The van der Waals surface area contributed by atoms with E-state index in [0.717, 1.165) is 0 Å². The molecule has 0 fully saturated rings. The maximum Gasteiger partial charge on any atom is 0.0299 e. The van der Waals surface area contributed by atoms with E-state index in [9.17, 15) is 0 Å². The number of nitrogens with zero attached hydrogens (tertiary/aromatic N) is 1. The van der Waals surface area contributed by atoms with E-state index < -0.39 is 0 Å². The highest BCUT2D eigenvalue weighted by Crippen LogP contribution is 2.10. The van der Waals surface area contributed by atoms with E-state index >= 15 is 0 Å². The summed E-state index contributed by atoms with van der Waals surface area (Å²) in [5.41, 5.74) is 1.36. The van der Waals surface area contributed by atoms with Crippen LogP contribution in [0.15, 0.2) is 24.5 Å². The Balaban J connectivity index is 2.13. The molecule has 0 N–H and O–H groups in total. The topological polar surface area (TPSA) is 12.9 Å². The fraction of sp³-hybridized carbons (Fsp3) is 0.500. The number of pyridine rings is 1. The van der Waals surface area contributed by atoms with Crippen LogP contribution in [0.1, 0.15) is 38.7 Å². The van der Waals surface area contributed by atoms with Gasteiger partial charge in [-0.25, -0.2) is 0 Å². The van der Waals surface area contributed by atoms with E-state index in [0.29, 0.717) is 0 Å². The van der Waals surface area contributed by atoms with Crippen molar-refractivity contribution < 1.29 is 0 Å². The van der Waals surface area contributed by atoms with Crippen LogP contribution in [0.2, 0.25) is 0 Å². The zero-order valence-corrected chi connectivity index (χ0v) is 8.59. The zero-order chi connectivity index (χ0) is 9.52. The van der Waals surface area contributed by atoms with Crippen LogP contribution < -0.4 is 0 Å². The average Bonchev–Trinajstić information content (AvgIpc) is 2.14. The minimum atomic E-state index is 1.17. The highest BCUT2D eigenvalue weighted by molar-refractivity contribution is 5.08. The second kappa shape index (κ2) is 5.74. The van der Waals surface area contributed by atoms with Gasteiger partial charge in [0.2, 0.25) is 0 Å². The third-order valence-electron chi connectivity index (χ3n) is 2.12. The number of hydrogen-bond donors (Lipinski definition) is 0. The van der Waals surface area contributed by atoms with Crippen LogP contribution >= 0.6 is 0 Å². The summed E-state index contributed by atoms with van der Waals surface area (Å²) in [5.74, 6) is 1.53. The van der Waals surface area contributed by atoms with Crippen LogP contribution in [0, 0.1) is 5.92 Å². The summed E-state index contributed by atoms with van der Waals surface area (Å²) in [4.78, 5) is 4.09. The Labute approximate surface area is 81.2 Å². The fourth-order valence-electron chi connectivity index (χ4n) is 1.35. The minimum absolute atomic E-state index is 1.17. The first kappa shape index (κ1) is 10.2. The van der Waals surface area contributed by atoms with Crippen molar-refractivity contribution in [1.82, 2.24) is 4.98 Å². The van der Waals surface area contributed by atoms with Crippen LogP contribution in [0.25, 0.3) is 0 Å². The van der Waals surface area contributed by atoms with Crippen molar-refractivity contribution in [3.05, 3.63) is 36.0 Å². The highest BCUT2D eigenvalue weighted by atomic mass is 14.6. The standard InChI is InChI=1S/C12H18N/c1-11(2)6-3-4-7-12-8-5-9-13-10-12/h5,8-10H,3-4,6-7H2,1-2H3/q-1. The quantitative estimate of drug-likeness (QED) is 0.495. The molecule has 0 radical (unpaired) electrons. The Morgan fingerprint density at radius 2 is 2.15 bits per heavy atom. The first-order chi connectivity index (χ1) is 6.29. The van der Waals surface area contributed by atoms with Gasteiger partial charge in [0.25, 0.3) is 0 Å². The van der Waals surface area contributed by atoms with E-state index in [4.69, 9.17) is 0 Å². The summed E-state index contributed by atoms with van der Waals surface area (Å²) in [6.45, 7) is 4.40. The lowest BCUT2D eigenvalue weighted by atomic mass is 10.0. The van der Waals surface area contributed by atoms with E-state index in [1.165, 1.54) is 37.2 Å². The maximum atomic E-state index is 4.09. The third kappa shape index (κ3) is 4.66. The SMILES string of the molecule is C[C-](C)CCCCc1cccnc1. The van der Waals surface area contributed by atoms with Crippen molar-refractivity contribution in [3.63, 3.8) is 0 Å². The largest absolute Gasteiger partial charge is 0.320 e. The van der Waals surface area contributed by atoms with Crippen molar-refractivity contribution in [1.29, 1.82) is 0 Å². The normalized spacial score (nSPS) is 10.7. The molecule has 0 saturated heterocycles. The molecule has 1 aromatic rings. The predicted molar refractivity (Wildman–Crippen MR) is 56.4 cm³/mol. The van der Waals surface area contributed by atoms with E-state index in [2.05, 4.69) is 24.9 Å². The highest BCUT2D eigenvalue weighted by Gasteiger charge is 1.90. The van der Waals surface area contributed by atoms with Gasteiger partial charge in [-0.1, -0.05) is 18.9 Å². The molecular weight excluding hydrogens is 158 g/mol. The van der Waals surface area contributed by atoms with Gasteiger partial charge in [0.05, 0.1) is 0 Å². The summed E-state index contributed by atoms with van der Waals surface area (Å²) in [5, 5.41) is 0. The number of hydrogen-bond acceptors (Lipinski definition) is 1. The minimum Gasteiger partial charge on any atom is -0.320 e. The lowest BCUT2D eigenvalue weighted by molar-refractivity contribution is 0.688. The number of unbranched alkanes of at least 4 members (excludes halogenated alkanes) is 1. The van der Waals surface area contributed by atoms with Gasteiger partial charge in [0, 0.05) is 12.4 Å². The summed E-state index contributed by atoms with van der Waals surface area (Å²) < 4.78 is 0. The van der Waals surface area contributed by atoms with Crippen LogP contribution in [-0.2, 0) is 6.42 Å². The van der Waals surface area contributed by atoms with Gasteiger partial charge >= 0.3 is 0 Å². The molecule has 0 bridgehead atoms. The lowest BCUT2D eigenvalue weighted by Crippen LogP contribution is -1.89. The van der Waals surface area contributed by atoms with Crippen molar-refractivity contribution in [3.8, 4) is 0 Å². The number of aromatic nitrogens is 1. The molecule has 1 nitrogen and oxygen atoms in total. The first-order valence-corrected chi connectivity index (χ1v) is 4.97. The first-order valence-electron chi connectivity index (χ1n) is 4.97. The Morgan fingerprint density at radius 1 is 1.31 bits per heavy atom. The van der Waals surface area contributed by atoms with Gasteiger partial charge in [-0.05, 0) is 18.1 Å². The van der Waals surface area contributed by atoms with Crippen molar-refractivity contribution in [2.24, 2.45) is 0 Å². The molecule has 0 spiro atoms. The number of aryl methyl sites for hydroxylation is 1. The molecule has 0 aliphatic rings.